The van der Waals surface area contributed by atoms with Crippen LogP contribution in [-0.2, 0) is 0 Å². The SMILES string of the molecule is Cc1sc(-c2ccco2)nc1C(=O)N1CCN(CC(C)(C)O)CC1. The second kappa shape index (κ2) is 6.66. The molecule has 1 aliphatic rings. The molecule has 6 nitrogen and oxygen atoms in total. The molecule has 1 amide bonds. The minimum atomic E-state index is -0.713. The van der Waals surface area contributed by atoms with E-state index in [0.29, 0.717) is 31.1 Å². The molecule has 0 spiro atoms. The summed E-state index contributed by atoms with van der Waals surface area (Å²) in [6.07, 6.45) is 1.61. The Labute approximate surface area is 145 Å². The zero-order chi connectivity index (χ0) is 17.3. The summed E-state index contributed by atoms with van der Waals surface area (Å²) in [5, 5.41) is 10.7. The zero-order valence-electron chi connectivity index (χ0n) is 14.3. The number of rotatable bonds is 4. The first kappa shape index (κ1) is 17.1. The summed E-state index contributed by atoms with van der Waals surface area (Å²) in [5.41, 5.74) is -0.197. The number of β-amino-alcohol motifs (C(OH)–C–C–N with tert-alkyl or cyclic N) is 1. The fourth-order valence-corrected chi connectivity index (χ4v) is 3.78. The molecule has 0 saturated carbocycles. The zero-order valence-corrected chi connectivity index (χ0v) is 15.1. The van der Waals surface area contributed by atoms with Crippen molar-refractivity contribution in [1.29, 1.82) is 0 Å². The predicted octanol–water partition coefficient (Wildman–Crippen LogP) is 2.24. The van der Waals surface area contributed by atoms with Crippen molar-refractivity contribution >= 4 is 17.2 Å². The largest absolute Gasteiger partial charge is 0.462 e. The first-order valence-electron chi connectivity index (χ1n) is 8.09. The molecule has 0 aliphatic carbocycles. The molecule has 24 heavy (non-hydrogen) atoms. The molecule has 3 heterocycles. The number of carbonyl (C=O) groups excluding carboxylic acids is 1. The van der Waals surface area contributed by atoms with Gasteiger partial charge in [0, 0.05) is 37.6 Å². The smallest absolute Gasteiger partial charge is 0.273 e. The van der Waals surface area contributed by atoms with Crippen LogP contribution < -0.4 is 0 Å². The van der Waals surface area contributed by atoms with Crippen molar-refractivity contribution in [3.8, 4) is 10.8 Å². The molecule has 0 aromatic carbocycles. The Balaban J connectivity index is 1.66. The molecule has 1 N–H and O–H groups in total. The lowest BCUT2D eigenvalue weighted by atomic mass is 10.1. The Bertz CT molecular complexity index is 695. The molecule has 1 saturated heterocycles. The summed E-state index contributed by atoms with van der Waals surface area (Å²) in [5.74, 6) is 0.668. The molecule has 0 unspecified atom stereocenters. The van der Waals surface area contributed by atoms with Crippen LogP contribution in [0.1, 0.15) is 29.2 Å². The van der Waals surface area contributed by atoms with Gasteiger partial charge in [-0.1, -0.05) is 0 Å². The summed E-state index contributed by atoms with van der Waals surface area (Å²) >= 11 is 1.48. The van der Waals surface area contributed by atoms with Crippen LogP contribution in [0.2, 0.25) is 0 Å². The molecule has 1 fully saturated rings. The molecule has 0 atom stereocenters. The van der Waals surface area contributed by atoms with Crippen LogP contribution in [0.15, 0.2) is 22.8 Å². The normalized spacial score (nSPS) is 16.6. The maximum atomic E-state index is 12.8. The van der Waals surface area contributed by atoms with Crippen LogP contribution in [0.25, 0.3) is 10.8 Å². The number of aromatic nitrogens is 1. The minimum absolute atomic E-state index is 0.0236. The van der Waals surface area contributed by atoms with E-state index in [1.165, 1.54) is 11.3 Å². The molecule has 1 aliphatic heterocycles. The average Bonchev–Trinajstić information content (AvgIpc) is 3.15. The number of aryl methyl sites for hydroxylation is 1. The Kier molecular flexibility index (Phi) is 4.76. The lowest BCUT2D eigenvalue weighted by Crippen LogP contribution is -2.52. The Morgan fingerprint density at radius 2 is 2.08 bits per heavy atom. The molecule has 2 aromatic rings. The molecule has 7 heteroatoms. The van der Waals surface area contributed by atoms with Gasteiger partial charge in [-0.3, -0.25) is 9.69 Å². The number of thiazole rings is 1. The van der Waals surface area contributed by atoms with E-state index in [4.69, 9.17) is 4.42 Å². The summed E-state index contributed by atoms with van der Waals surface area (Å²) in [7, 11) is 0. The maximum absolute atomic E-state index is 12.8. The number of nitrogens with zero attached hydrogens (tertiary/aromatic N) is 3. The van der Waals surface area contributed by atoms with Gasteiger partial charge in [0.05, 0.1) is 11.9 Å². The van der Waals surface area contributed by atoms with Gasteiger partial charge in [-0.25, -0.2) is 4.98 Å². The Hall–Kier alpha value is -1.70. The van der Waals surface area contributed by atoms with E-state index in [9.17, 15) is 9.90 Å². The maximum Gasteiger partial charge on any atom is 0.273 e. The van der Waals surface area contributed by atoms with Crippen LogP contribution in [0.4, 0.5) is 0 Å². The van der Waals surface area contributed by atoms with Crippen LogP contribution in [-0.4, -0.2) is 64.1 Å². The molecule has 3 rings (SSSR count). The van der Waals surface area contributed by atoms with E-state index in [1.807, 2.05) is 24.0 Å². The standard InChI is InChI=1S/C17H23N3O3S/c1-12-14(18-15(24-12)13-5-4-10-23-13)16(21)20-8-6-19(7-9-20)11-17(2,3)22/h4-5,10,22H,6-9,11H2,1-3H3. The summed E-state index contributed by atoms with van der Waals surface area (Å²) in [4.78, 5) is 22.2. The van der Waals surface area contributed by atoms with Crippen molar-refractivity contribution in [2.75, 3.05) is 32.7 Å². The minimum Gasteiger partial charge on any atom is -0.462 e. The highest BCUT2D eigenvalue weighted by Crippen LogP contribution is 2.28. The molecular weight excluding hydrogens is 326 g/mol. The summed E-state index contributed by atoms with van der Waals surface area (Å²) in [6.45, 7) is 8.99. The van der Waals surface area contributed by atoms with Crippen LogP contribution in [0.3, 0.4) is 0 Å². The second-order valence-corrected chi connectivity index (χ2v) is 7.99. The number of carbonyl (C=O) groups is 1. The number of amides is 1. The van der Waals surface area contributed by atoms with Gasteiger partial charge >= 0.3 is 0 Å². The number of aliphatic hydroxyl groups is 1. The molecular formula is C17H23N3O3S. The Morgan fingerprint density at radius 1 is 1.38 bits per heavy atom. The van der Waals surface area contributed by atoms with Crippen molar-refractivity contribution in [1.82, 2.24) is 14.8 Å². The van der Waals surface area contributed by atoms with Gasteiger partial charge in [0.25, 0.3) is 5.91 Å². The third kappa shape index (κ3) is 3.85. The first-order valence-corrected chi connectivity index (χ1v) is 8.90. The van der Waals surface area contributed by atoms with Crippen molar-refractivity contribution in [3.05, 3.63) is 29.0 Å². The number of furan rings is 1. The van der Waals surface area contributed by atoms with Crippen molar-refractivity contribution in [2.45, 2.75) is 26.4 Å². The van der Waals surface area contributed by atoms with Gasteiger partial charge in [0.1, 0.15) is 5.69 Å². The van der Waals surface area contributed by atoms with Gasteiger partial charge < -0.3 is 14.4 Å². The summed E-state index contributed by atoms with van der Waals surface area (Å²) < 4.78 is 5.37. The van der Waals surface area contributed by atoms with Gasteiger partial charge in [-0.15, -0.1) is 11.3 Å². The van der Waals surface area contributed by atoms with Crippen LogP contribution in [0.5, 0.6) is 0 Å². The van der Waals surface area contributed by atoms with E-state index < -0.39 is 5.60 Å². The topological polar surface area (TPSA) is 69.8 Å². The average molecular weight is 349 g/mol. The lowest BCUT2D eigenvalue weighted by molar-refractivity contribution is 0.0177. The van der Waals surface area contributed by atoms with E-state index in [1.54, 1.807) is 20.1 Å². The fourth-order valence-electron chi connectivity index (χ4n) is 2.91. The van der Waals surface area contributed by atoms with Gasteiger partial charge in [0.2, 0.25) is 0 Å². The monoisotopic (exact) mass is 349 g/mol. The summed E-state index contributed by atoms with van der Waals surface area (Å²) in [6, 6.07) is 3.66. The van der Waals surface area contributed by atoms with Crippen molar-refractivity contribution < 1.29 is 14.3 Å². The third-order valence-corrected chi connectivity index (χ3v) is 4.99. The van der Waals surface area contributed by atoms with E-state index >= 15 is 0 Å². The molecule has 0 radical (unpaired) electrons. The second-order valence-electron chi connectivity index (χ2n) is 6.78. The van der Waals surface area contributed by atoms with Crippen LogP contribution >= 0.6 is 11.3 Å². The van der Waals surface area contributed by atoms with Gasteiger partial charge in [-0.2, -0.15) is 0 Å². The number of piperazine rings is 1. The van der Waals surface area contributed by atoms with E-state index in [0.717, 1.165) is 23.0 Å². The van der Waals surface area contributed by atoms with Gasteiger partial charge in [-0.05, 0) is 32.9 Å². The van der Waals surface area contributed by atoms with Crippen LogP contribution in [0, 0.1) is 6.92 Å². The predicted molar refractivity (Wildman–Crippen MR) is 93.2 cm³/mol. The number of hydrogen-bond donors (Lipinski definition) is 1. The highest BCUT2D eigenvalue weighted by molar-refractivity contribution is 7.15. The lowest BCUT2D eigenvalue weighted by Gasteiger charge is -2.37. The Morgan fingerprint density at radius 3 is 2.67 bits per heavy atom. The highest BCUT2D eigenvalue weighted by Gasteiger charge is 2.28. The van der Waals surface area contributed by atoms with E-state index in [-0.39, 0.29) is 5.91 Å². The fraction of sp³-hybridized carbons (Fsp3) is 0.529. The van der Waals surface area contributed by atoms with Gasteiger partial charge in [0.15, 0.2) is 10.8 Å². The molecule has 130 valence electrons. The molecule has 2 aromatic heterocycles. The highest BCUT2D eigenvalue weighted by atomic mass is 32.1. The van der Waals surface area contributed by atoms with Crippen molar-refractivity contribution in [3.63, 3.8) is 0 Å². The van der Waals surface area contributed by atoms with E-state index in [2.05, 4.69) is 9.88 Å². The molecule has 0 bridgehead atoms. The quantitative estimate of drug-likeness (QED) is 0.917. The number of hydrogen-bond acceptors (Lipinski definition) is 6. The first-order chi connectivity index (χ1) is 11.3. The third-order valence-electron chi connectivity index (χ3n) is 4.00. The van der Waals surface area contributed by atoms with Crippen molar-refractivity contribution in [2.24, 2.45) is 0 Å².